The van der Waals surface area contributed by atoms with Gasteiger partial charge >= 0.3 is 0 Å². The second-order valence-electron chi connectivity index (χ2n) is 8.95. The molecule has 160 valence electrons. The van der Waals surface area contributed by atoms with E-state index in [0.29, 0.717) is 5.92 Å². The summed E-state index contributed by atoms with van der Waals surface area (Å²) in [6.07, 6.45) is 29.5. The molecule has 0 unspecified atom stereocenters. The lowest BCUT2D eigenvalue weighted by atomic mass is 9.88. The van der Waals surface area contributed by atoms with Gasteiger partial charge in [-0.15, -0.1) is 0 Å². The molecule has 1 aliphatic rings. The first-order valence-electron chi connectivity index (χ1n) is 12.7. The number of allylic oxidation sites excluding steroid dienone is 1. The van der Waals surface area contributed by atoms with Crippen molar-refractivity contribution in [1.29, 1.82) is 0 Å². The van der Waals surface area contributed by atoms with Crippen molar-refractivity contribution in [3.8, 4) is 0 Å². The van der Waals surface area contributed by atoms with Gasteiger partial charge in [-0.25, -0.2) is 0 Å². The second kappa shape index (κ2) is 18.9. The Morgan fingerprint density at radius 1 is 0.630 bits per heavy atom. The van der Waals surface area contributed by atoms with E-state index in [1.165, 1.54) is 135 Å². The molecule has 1 fully saturated rings. The van der Waals surface area contributed by atoms with Crippen LogP contribution in [-0.2, 0) is 4.74 Å². The fraction of sp³-hybridized carbons (Fsp3) is 0.923. The summed E-state index contributed by atoms with van der Waals surface area (Å²) in [5.74, 6) is 1.73. The predicted octanol–water partition coefficient (Wildman–Crippen LogP) is 9.36. The molecule has 0 atom stereocenters. The van der Waals surface area contributed by atoms with Crippen LogP contribution in [0, 0.1) is 5.92 Å². The SMILES string of the molecule is C=C(OCCCCCCCCCCCCCCCCCC)C1CCCCC1. The minimum atomic E-state index is 0.653. The lowest BCUT2D eigenvalue weighted by Gasteiger charge is -2.23. The van der Waals surface area contributed by atoms with Crippen LogP contribution in [-0.4, -0.2) is 6.61 Å². The summed E-state index contributed by atoms with van der Waals surface area (Å²) in [6, 6.07) is 0. The van der Waals surface area contributed by atoms with Crippen LogP contribution >= 0.6 is 0 Å². The van der Waals surface area contributed by atoms with Gasteiger partial charge in [0, 0.05) is 5.92 Å². The van der Waals surface area contributed by atoms with Crippen LogP contribution in [0.1, 0.15) is 142 Å². The van der Waals surface area contributed by atoms with E-state index >= 15 is 0 Å². The third-order valence-corrected chi connectivity index (χ3v) is 6.35. The van der Waals surface area contributed by atoms with Crippen LogP contribution in [0.4, 0.5) is 0 Å². The maximum atomic E-state index is 5.91. The van der Waals surface area contributed by atoms with Crippen molar-refractivity contribution < 1.29 is 4.74 Å². The van der Waals surface area contributed by atoms with Gasteiger partial charge in [-0.05, 0) is 19.3 Å². The number of unbranched alkanes of at least 4 members (excludes halogenated alkanes) is 15. The number of hydrogen-bond acceptors (Lipinski definition) is 1. The second-order valence-corrected chi connectivity index (χ2v) is 8.95. The molecule has 0 heterocycles. The summed E-state index contributed by atoms with van der Waals surface area (Å²) in [5, 5.41) is 0. The summed E-state index contributed by atoms with van der Waals surface area (Å²) in [4.78, 5) is 0. The maximum absolute atomic E-state index is 5.91. The molecule has 0 aromatic rings. The van der Waals surface area contributed by atoms with Gasteiger partial charge in [0.2, 0.25) is 0 Å². The third kappa shape index (κ3) is 15.2. The van der Waals surface area contributed by atoms with Crippen molar-refractivity contribution in [1.82, 2.24) is 0 Å². The van der Waals surface area contributed by atoms with Crippen LogP contribution in [0.15, 0.2) is 12.3 Å². The molecule has 0 aromatic heterocycles. The molecule has 0 amide bonds. The Bertz CT molecular complexity index is 316. The number of rotatable bonds is 19. The molecule has 1 saturated carbocycles. The highest BCUT2D eigenvalue weighted by Gasteiger charge is 2.17. The summed E-state index contributed by atoms with van der Waals surface area (Å²) in [5.41, 5.74) is 0. The molecule has 0 spiro atoms. The summed E-state index contributed by atoms with van der Waals surface area (Å²) in [6.45, 7) is 7.36. The zero-order valence-corrected chi connectivity index (χ0v) is 18.7. The normalized spacial score (nSPS) is 15.1. The lowest BCUT2D eigenvalue weighted by Crippen LogP contribution is -2.11. The monoisotopic (exact) mass is 378 g/mol. The average Bonchev–Trinajstić information content (AvgIpc) is 2.70. The van der Waals surface area contributed by atoms with Crippen LogP contribution in [0.3, 0.4) is 0 Å². The molecule has 0 saturated heterocycles. The fourth-order valence-corrected chi connectivity index (χ4v) is 4.40. The zero-order chi connectivity index (χ0) is 19.4. The average molecular weight is 379 g/mol. The van der Waals surface area contributed by atoms with Crippen molar-refractivity contribution in [3.63, 3.8) is 0 Å². The number of hydrogen-bond donors (Lipinski definition) is 0. The molecular weight excluding hydrogens is 328 g/mol. The Hall–Kier alpha value is -0.460. The van der Waals surface area contributed by atoms with Crippen LogP contribution < -0.4 is 0 Å². The zero-order valence-electron chi connectivity index (χ0n) is 18.7. The van der Waals surface area contributed by atoms with E-state index in [1.807, 2.05) is 0 Å². The lowest BCUT2D eigenvalue weighted by molar-refractivity contribution is 0.157. The molecule has 1 aliphatic carbocycles. The summed E-state index contributed by atoms with van der Waals surface area (Å²) in [7, 11) is 0. The first kappa shape index (κ1) is 24.6. The molecule has 0 aromatic carbocycles. The van der Waals surface area contributed by atoms with Crippen LogP contribution in [0.25, 0.3) is 0 Å². The van der Waals surface area contributed by atoms with Crippen LogP contribution in [0.2, 0.25) is 0 Å². The van der Waals surface area contributed by atoms with Gasteiger partial charge in [-0.3, -0.25) is 0 Å². The molecule has 1 nitrogen and oxygen atoms in total. The Balaban J connectivity index is 1.71. The number of ether oxygens (including phenoxy) is 1. The minimum absolute atomic E-state index is 0.653. The predicted molar refractivity (Wildman–Crippen MR) is 121 cm³/mol. The minimum Gasteiger partial charge on any atom is -0.498 e. The van der Waals surface area contributed by atoms with Gasteiger partial charge in [0.1, 0.15) is 0 Å². The van der Waals surface area contributed by atoms with Crippen molar-refractivity contribution in [3.05, 3.63) is 12.3 Å². The van der Waals surface area contributed by atoms with Gasteiger partial charge in [-0.1, -0.05) is 129 Å². The van der Waals surface area contributed by atoms with Crippen molar-refractivity contribution in [2.75, 3.05) is 6.61 Å². The van der Waals surface area contributed by atoms with Crippen molar-refractivity contribution in [2.24, 2.45) is 5.92 Å². The molecule has 1 rings (SSSR count). The first-order chi connectivity index (χ1) is 13.3. The highest BCUT2D eigenvalue weighted by atomic mass is 16.5. The quantitative estimate of drug-likeness (QED) is 0.161. The molecular formula is C26H50O. The highest BCUT2D eigenvalue weighted by molar-refractivity contribution is 4.92. The molecule has 0 bridgehead atoms. The smallest absolute Gasteiger partial charge is 0.0918 e. The summed E-state index contributed by atoms with van der Waals surface area (Å²) < 4.78 is 5.91. The van der Waals surface area contributed by atoms with E-state index in [0.717, 1.165) is 12.4 Å². The molecule has 0 aliphatic heterocycles. The van der Waals surface area contributed by atoms with E-state index in [2.05, 4.69) is 13.5 Å². The van der Waals surface area contributed by atoms with Crippen LogP contribution in [0.5, 0.6) is 0 Å². The maximum Gasteiger partial charge on any atom is 0.0918 e. The molecule has 27 heavy (non-hydrogen) atoms. The molecule has 0 radical (unpaired) electrons. The van der Waals surface area contributed by atoms with Gasteiger partial charge < -0.3 is 4.74 Å². The van der Waals surface area contributed by atoms with E-state index < -0.39 is 0 Å². The first-order valence-corrected chi connectivity index (χ1v) is 12.7. The topological polar surface area (TPSA) is 9.23 Å². The van der Waals surface area contributed by atoms with E-state index in [1.54, 1.807) is 0 Å². The highest BCUT2D eigenvalue weighted by Crippen LogP contribution is 2.29. The summed E-state index contributed by atoms with van der Waals surface area (Å²) >= 11 is 0. The third-order valence-electron chi connectivity index (χ3n) is 6.35. The molecule has 1 heteroatoms. The Morgan fingerprint density at radius 3 is 1.48 bits per heavy atom. The van der Waals surface area contributed by atoms with E-state index in [-0.39, 0.29) is 0 Å². The van der Waals surface area contributed by atoms with E-state index in [9.17, 15) is 0 Å². The van der Waals surface area contributed by atoms with Gasteiger partial charge in [0.05, 0.1) is 12.4 Å². The van der Waals surface area contributed by atoms with Gasteiger partial charge in [0.15, 0.2) is 0 Å². The molecule has 0 N–H and O–H groups in total. The fourth-order valence-electron chi connectivity index (χ4n) is 4.40. The Labute approximate surface area is 171 Å². The largest absolute Gasteiger partial charge is 0.498 e. The standard InChI is InChI=1S/C26H50O/c1-3-4-5-6-7-8-9-10-11-12-13-14-15-16-17-21-24-27-25(2)26-22-19-18-20-23-26/h26H,2-24H2,1H3. The van der Waals surface area contributed by atoms with E-state index in [4.69, 9.17) is 4.74 Å². The Kier molecular flexibility index (Phi) is 17.2. The van der Waals surface area contributed by atoms with Gasteiger partial charge in [-0.2, -0.15) is 0 Å². The van der Waals surface area contributed by atoms with Crippen molar-refractivity contribution >= 4 is 0 Å². The van der Waals surface area contributed by atoms with Crippen molar-refractivity contribution in [2.45, 2.75) is 142 Å². The Morgan fingerprint density at radius 2 is 1.04 bits per heavy atom. The van der Waals surface area contributed by atoms with Gasteiger partial charge in [0.25, 0.3) is 0 Å².